The van der Waals surface area contributed by atoms with Crippen LogP contribution in [0.3, 0.4) is 0 Å². The van der Waals surface area contributed by atoms with E-state index >= 15 is 0 Å². The quantitative estimate of drug-likeness (QED) is 0.305. The van der Waals surface area contributed by atoms with Gasteiger partial charge in [0.25, 0.3) is 0 Å². The van der Waals surface area contributed by atoms with Gasteiger partial charge in [-0.3, -0.25) is 20.4 Å². The SMILES string of the molecule is CC(=O)c1ccc(-n2cc(CNC(=S)NNC=O)nn2)cc1.CC1CC1. The molecule has 0 radical (unpaired) electrons. The zero-order chi connectivity index (χ0) is 18.9. The monoisotopic (exact) mass is 374 g/mol. The van der Waals surface area contributed by atoms with Crippen LogP contribution >= 0.6 is 12.2 Å². The van der Waals surface area contributed by atoms with Gasteiger partial charge in [0.15, 0.2) is 10.9 Å². The third-order valence-electron chi connectivity index (χ3n) is 3.62. The number of benzene rings is 1. The van der Waals surface area contributed by atoms with Crippen molar-refractivity contribution in [2.24, 2.45) is 5.92 Å². The van der Waals surface area contributed by atoms with Crippen LogP contribution in [0.15, 0.2) is 30.5 Å². The Morgan fingerprint density at radius 3 is 2.54 bits per heavy atom. The first-order chi connectivity index (χ1) is 12.5. The Labute approximate surface area is 157 Å². The van der Waals surface area contributed by atoms with Crippen molar-refractivity contribution in [3.8, 4) is 5.69 Å². The summed E-state index contributed by atoms with van der Waals surface area (Å²) in [6.07, 6.45) is 5.19. The molecule has 26 heavy (non-hydrogen) atoms. The number of aromatic nitrogens is 3. The summed E-state index contributed by atoms with van der Waals surface area (Å²) in [5.41, 5.74) is 6.81. The van der Waals surface area contributed by atoms with Crippen LogP contribution in [-0.2, 0) is 11.3 Å². The number of hydrogen-bond acceptors (Lipinski definition) is 5. The van der Waals surface area contributed by atoms with E-state index in [0.29, 0.717) is 24.2 Å². The van der Waals surface area contributed by atoms with E-state index in [9.17, 15) is 9.59 Å². The molecule has 0 unspecified atom stereocenters. The molecule has 0 bridgehead atoms. The summed E-state index contributed by atoms with van der Waals surface area (Å²) < 4.78 is 1.60. The van der Waals surface area contributed by atoms with E-state index in [1.165, 1.54) is 19.8 Å². The maximum Gasteiger partial charge on any atom is 0.225 e. The first-order valence-electron chi connectivity index (χ1n) is 8.25. The minimum Gasteiger partial charge on any atom is -0.356 e. The lowest BCUT2D eigenvalue weighted by molar-refractivity contribution is -0.110. The van der Waals surface area contributed by atoms with Gasteiger partial charge in [-0.25, -0.2) is 4.68 Å². The number of amides is 1. The molecule has 1 aromatic carbocycles. The van der Waals surface area contributed by atoms with Crippen LogP contribution < -0.4 is 16.2 Å². The second-order valence-corrected chi connectivity index (χ2v) is 6.42. The van der Waals surface area contributed by atoms with E-state index in [-0.39, 0.29) is 10.9 Å². The predicted molar refractivity (Wildman–Crippen MR) is 102 cm³/mol. The molecular weight excluding hydrogens is 352 g/mol. The minimum absolute atomic E-state index is 0.0139. The highest BCUT2D eigenvalue weighted by atomic mass is 32.1. The molecule has 1 amide bonds. The van der Waals surface area contributed by atoms with Gasteiger partial charge >= 0.3 is 0 Å². The van der Waals surface area contributed by atoms with E-state index < -0.39 is 0 Å². The first kappa shape index (κ1) is 19.5. The summed E-state index contributed by atoms with van der Waals surface area (Å²) in [6.45, 7) is 4.16. The minimum atomic E-state index is 0.0139. The zero-order valence-corrected chi connectivity index (χ0v) is 15.5. The van der Waals surface area contributed by atoms with Gasteiger partial charge in [0.05, 0.1) is 18.4 Å². The second kappa shape index (κ2) is 9.62. The molecule has 0 saturated heterocycles. The molecule has 1 aliphatic rings. The van der Waals surface area contributed by atoms with Crippen molar-refractivity contribution in [3.05, 3.63) is 41.7 Å². The lowest BCUT2D eigenvalue weighted by Gasteiger charge is -2.06. The molecule has 3 rings (SSSR count). The topological polar surface area (TPSA) is 101 Å². The number of hydrazine groups is 1. The highest BCUT2D eigenvalue weighted by molar-refractivity contribution is 7.80. The third-order valence-corrected chi connectivity index (χ3v) is 3.87. The largest absolute Gasteiger partial charge is 0.356 e. The van der Waals surface area contributed by atoms with Crippen LogP contribution in [0.2, 0.25) is 0 Å². The Balaban J connectivity index is 0.000000534. The number of rotatable bonds is 6. The Morgan fingerprint density at radius 2 is 2.00 bits per heavy atom. The van der Waals surface area contributed by atoms with E-state index in [4.69, 9.17) is 12.2 Å². The highest BCUT2D eigenvalue weighted by Gasteiger charge is 2.12. The van der Waals surface area contributed by atoms with Gasteiger partial charge in [0.1, 0.15) is 5.69 Å². The Kier molecular flexibility index (Phi) is 7.22. The lowest BCUT2D eigenvalue weighted by atomic mass is 10.1. The van der Waals surface area contributed by atoms with Crippen LogP contribution in [0.25, 0.3) is 5.69 Å². The number of nitrogens with one attached hydrogen (secondary N) is 3. The number of carbonyl (C=O) groups excluding carboxylic acids is 2. The Hall–Kier alpha value is -2.81. The molecular formula is C17H22N6O2S. The molecule has 1 fully saturated rings. The molecule has 1 heterocycles. The normalized spacial score (nSPS) is 12.4. The zero-order valence-electron chi connectivity index (χ0n) is 14.7. The fraction of sp³-hybridized carbons (Fsp3) is 0.353. The third kappa shape index (κ3) is 6.60. The molecule has 9 heteroatoms. The van der Waals surface area contributed by atoms with Crippen molar-refractivity contribution >= 4 is 29.5 Å². The average Bonchev–Trinajstić information content (AvgIpc) is 3.28. The van der Waals surface area contributed by atoms with Crippen molar-refractivity contribution in [2.75, 3.05) is 0 Å². The van der Waals surface area contributed by atoms with Gasteiger partial charge in [-0.05, 0) is 49.3 Å². The lowest BCUT2D eigenvalue weighted by Crippen LogP contribution is -2.42. The molecule has 138 valence electrons. The van der Waals surface area contributed by atoms with Gasteiger partial charge in [0, 0.05) is 5.56 Å². The number of carbonyl (C=O) groups is 2. The second-order valence-electron chi connectivity index (χ2n) is 6.01. The van der Waals surface area contributed by atoms with Crippen molar-refractivity contribution in [1.29, 1.82) is 0 Å². The maximum atomic E-state index is 11.2. The van der Waals surface area contributed by atoms with Crippen LogP contribution in [0.4, 0.5) is 0 Å². The molecule has 1 saturated carbocycles. The molecule has 3 N–H and O–H groups in total. The van der Waals surface area contributed by atoms with Gasteiger partial charge in [-0.1, -0.05) is 25.0 Å². The summed E-state index contributed by atoms with van der Waals surface area (Å²) in [5.74, 6) is 1.10. The van der Waals surface area contributed by atoms with Crippen LogP contribution in [0.1, 0.15) is 42.7 Å². The Morgan fingerprint density at radius 1 is 1.35 bits per heavy atom. The van der Waals surface area contributed by atoms with Crippen molar-refractivity contribution in [2.45, 2.75) is 33.2 Å². The molecule has 0 spiro atoms. The van der Waals surface area contributed by atoms with Gasteiger partial charge < -0.3 is 5.32 Å². The number of ketones is 1. The number of nitrogens with zero attached hydrogens (tertiary/aromatic N) is 3. The molecule has 0 atom stereocenters. The van der Waals surface area contributed by atoms with E-state index in [2.05, 4.69) is 33.4 Å². The highest BCUT2D eigenvalue weighted by Crippen LogP contribution is 2.26. The van der Waals surface area contributed by atoms with Crippen LogP contribution in [-0.4, -0.2) is 32.3 Å². The first-order valence-corrected chi connectivity index (χ1v) is 8.66. The smallest absolute Gasteiger partial charge is 0.225 e. The summed E-state index contributed by atoms with van der Waals surface area (Å²) in [7, 11) is 0. The van der Waals surface area contributed by atoms with Gasteiger partial charge in [-0.15, -0.1) is 5.10 Å². The molecule has 2 aromatic rings. The standard InChI is InChI=1S/C13H14N6O2S.C4H8/c1-9(21)10-2-4-12(5-3-10)19-7-11(16-18-19)6-14-13(22)17-15-8-20;1-4-2-3-4/h2-5,7-8H,6H2,1H3,(H,15,20)(H2,14,17,22);4H,2-3H2,1H3. The molecule has 0 aliphatic heterocycles. The molecule has 1 aromatic heterocycles. The van der Waals surface area contributed by atoms with E-state index in [1.54, 1.807) is 35.1 Å². The average molecular weight is 374 g/mol. The van der Waals surface area contributed by atoms with Gasteiger partial charge in [0.2, 0.25) is 6.41 Å². The maximum absolute atomic E-state index is 11.2. The molecule has 1 aliphatic carbocycles. The van der Waals surface area contributed by atoms with Gasteiger partial charge in [-0.2, -0.15) is 0 Å². The predicted octanol–water partition coefficient (Wildman–Crippen LogP) is 1.51. The van der Waals surface area contributed by atoms with Crippen LogP contribution in [0.5, 0.6) is 0 Å². The number of thiocarbonyl (C=S) groups is 1. The summed E-state index contributed by atoms with van der Waals surface area (Å²) in [4.78, 5) is 21.3. The Bertz CT molecular complexity index is 755. The van der Waals surface area contributed by atoms with E-state index in [1.807, 2.05) is 0 Å². The summed E-state index contributed by atoms with van der Waals surface area (Å²) in [5, 5.41) is 11.1. The van der Waals surface area contributed by atoms with Crippen molar-refractivity contribution < 1.29 is 9.59 Å². The van der Waals surface area contributed by atoms with Crippen molar-refractivity contribution in [1.82, 2.24) is 31.2 Å². The molecule has 8 nitrogen and oxygen atoms in total. The fourth-order valence-corrected chi connectivity index (χ4v) is 1.96. The number of hydrogen-bond donors (Lipinski definition) is 3. The van der Waals surface area contributed by atoms with E-state index in [0.717, 1.165) is 11.6 Å². The van der Waals surface area contributed by atoms with Crippen molar-refractivity contribution in [3.63, 3.8) is 0 Å². The van der Waals surface area contributed by atoms with Crippen LogP contribution in [0, 0.1) is 5.92 Å². The summed E-state index contributed by atoms with van der Waals surface area (Å²) >= 11 is 4.93. The summed E-state index contributed by atoms with van der Waals surface area (Å²) in [6, 6.07) is 7.06. The number of Topliss-reactive ketones (excluding diaryl/α,β-unsaturated/α-hetero) is 1. The fourth-order valence-electron chi connectivity index (χ4n) is 1.83.